The van der Waals surface area contributed by atoms with Crippen LogP contribution in [0.1, 0.15) is 32.1 Å². The Labute approximate surface area is 117 Å². The van der Waals surface area contributed by atoms with Crippen LogP contribution in [0.15, 0.2) is 0 Å². The summed E-state index contributed by atoms with van der Waals surface area (Å²) < 4.78 is 0. The predicted molar refractivity (Wildman–Crippen MR) is 74.4 cm³/mol. The molecule has 1 saturated carbocycles. The van der Waals surface area contributed by atoms with Gasteiger partial charge < -0.3 is 20.8 Å². The molecule has 19 heavy (non-hydrogen) atoms. The molecule has 0 bridgehead atoms. The first-order valence-electron chi connectivity index (χ1n) is 6.52. The largest absolute Gasteiger partial charge is 0.480 e. The second-order valence-electron chi connectivity index (χ2n) is 4.69. The number of carboxylic acid groups (broad SMARTS) is 1. The van der Waals surface area contributed by atoms with Crippen LogP contribution in [0.3, 0.4) is 0 Å². The van der Waals surface area contributed by atoms with Crippen LogP contribution in [0.25, 0.3) is 0 Å². The van der Waals surface area contributed by atoms with Crippen LogP contribution in [-0.2, 0) is 4.79 Å². The fourth-order valence-electron chi connectivity index (χ4n) is 2.30. The molecule has 0 aromatic carbocycles. The first kappa shape index (κ1) is 16.1. The van der Waals surface area contributed by atoms with Gasteiger partial charge in [0.2, 0.25) is 0 Å². The number of rotatable bonds is 6. The van der Waals surface area contributed by atoms with E-state index in [1.54, 1.807) is 11.8 Å². The topological polar surface area (TPSA) is 98.7 Å². The number of aliphatic hydroxyl groups excluding tert-OH is 1. The van der Waals surface area contributed by atoms with Gasteiger partial charge in [-0.3, -0.25) is 0 Å². The molecular formula is C12H22N2O4S. The highest BCUT2D eigenvalue weighted by Crippen LogP contribution is 2.26. The number of hydrogen-bond acceptors (Lipinski definition) is 4. The normalized spacial score (nSPS) is 24.5. The maximum absolute atomic E-state index is 11.8. The lowest BCUT2D eigenvalue weighted by atomic mass is 9.95. The molecule has 1 fully saturated rings. The Morgan fingerprint density at radius 1 is 1.37 bits per heavy atom. The van der Waals surface area contributed by atoms with Crippen molar-refractivity contribution in [2.75, 3.05) is 12.9 Å². The maximum atomic E-state index is 11.8. The Hall–Kier alpha value is -0.950. The monoisotopic (exact) mass is 290 g/mol. The van der Waals surface area contributed by atoms with Gasteiger partial charge in [0.15, 0.2) is 0 Å². The summed E-state index contributed by atoms with van der Waals surface area (Å²) in [5.41, 5.74) is 0. The van der Waals surface area contributed by atoms with Gasteiger partial charge >= 0.3 is 12.0 Å². The molecular weight excluding hydrogens is 268 g/mol. The third-order valence-electron chi connectivity index (χ3n) is 3.34. The van der Waals surface area contributed by atoms with Crippen LogP contribution in [0.2, 0.25) is 0 Å². The van der Waals surface area contributed by atoms with Gasteiger partial charge in [0, 0.05) is 24.3 Å². The van der Waals surface area contributed by atoms with Crippen LogP contribution in [0, 0.1) is 0 Å². The molecule has 1 aliphatic rings. The van der Waals surface area contributed by atoms with Gasteiger partial charge in [-0.1, -0.05) is 12.8 Å². The Bertz CT molecular complexity index is 314. The molecule has 0 saturated heterocycles. The average Bonchev–Trinajstić information content (AvgIpc) is 2.38. The van der Waals surface area contributed by atoms with E-state index in [4.69, 9.17) is 10.2 Å². The van der Waals surface area contributed by atoms with Crippen molar-refractivity contribution < 1.29 is 19.8 Å². The van der Waals surface area contributed by atoms with E-state index in [1.165, 1.54) is 6.42 Å². The van der Waals surface area contributed by atoms with Crippen LogP contribution >= 0.6 is 11.8 Å². The molecule has 0 aliphatic heterocycles. The summed E-state index contributed by atoms with van der Waals surface area (Å²) in [6.45, 7) is -0.270. The molecule has 1 aliphatic carbocycles. The molecule has 0 aromatic rings. The van der Waals surface area contributed by atoms with Gasteiger partial charge in [-0.25, -0.2) is 9.59 Å². The van der Waals surface area contributed by atoms with Crippen LogP contribution in [0.4, 0.5) is 4.79 Å². The number of carboxylic acids is 1. The number of hydrogen-bond donors (Lipinski definition) is 4. The molecule has 3 atom stereocenters. The number of carbonyl (C=O) groups is 2. The third kappa shape index (κ3) is 5.28. The highest BCUT2D eigenvalue weighted by Gasteiger charge is 2.27. The van der Waals surface area contributed by atoms with Gasteiger partial charge in [-0.2, -0.15) is 11.8 Å². The Morgan fingerprint density at radius 2 is 2.05 bits per heavy atom. The molecule has 0 radical (unpaired) electrons. The van der Waals surface area contributed by atoms with Gasteiger partial charge in [0.1, 0.15) is 6.04 Å². The van der Waals surface area contributed by atoms with Crippen LogP contribution < -0.4 is 10.6 Å². The number of carbonyl (C=O) groups excluding carboxylic acids is 1. The highest BCUT2D eigenvalue weighted by molar-refractivity contribution is 7.99. The molecule has 7 heteroatoms. The Balaban J connectivity index is 2.46. The van der Waals surface area contributed by atoms with Crippen molar-refractivity contribution in [2.45, 2.75) is 49.4 Å². The number of amides is 2. The average molecular weight is 290 g/mol. The quantitative estimate of drug-likeness (QED) is 0.580. The van der Waals surface area contributed by atoms with Gasteiger partial charge in [0.05, 0.1) is 0 Å². The van der Waals surface area contributed by atoms with E-state index in [9.17, 15) is 9.59 Å². The molecule has 110 valence electrons. The summed E-state index contributed by atoms with van der Waals surface area (Å²) in [5, 5.41) is 23.3. The number of aliphatic carboxylic acids is 1. The van der Waals surface area contributed by atoms with E-state index in [0.29, 0.717) is 5.25 Å². The van der Waals surface area contributed by atoms with Crippen molar-refractivity contribution in [3.8, 4) is 0 Å². The lowest BCUT2D eigenvalue weighted by Gasteiger charge is -2.31. The molecule has 0 aromatic heterocycles. The molecule has 2 amide bonds. The zero-order chi connectivity index (χ0) is 14.3. The summed E-state index contributed by atoms with van der Waals surface area (Å²) in [4.78, 5) is 22.7. The van der Waals surface area contributed by atoms with Gasteiger partial charge in [0.25, 0.3) is 0 Å². The van der Waals surface area contributed by atoms with E-state index >= 15 is 0 Å². The zero-order valence-corrected chi connectivity index (χ0v) is 11.9. The van der Waals surface area contributed by atoms with E-state index in [0.717, 1.165) is 19.3 Å². The van der Waals surface area contributed by atoms with E-state index in [1.807, 2.05) is 6.26 Å². The van der Waals surface area contributed by atoms with Gasteiger partial charge in [-0.05, 0) is 19.1 Å². The highest BCUT2D eigenvalue weighted by atomic mass is 32.2. The Kier molecular flexibility index (Phi) is 7.01. The van der Waals surface area contributed by atoms with E-state index in [2.05, 4.69) is 10.6 Å². The number of urea groups is 1. The second-order valence-corrected chi connectivity index (χ2v) is 5.76. The lowest BCUT2D eigenvalue weighted by Crippen LogP contribution is -2.52. The first-order chi connectivity index (χ1) is 9.08. The summed E-state index contributed by atoms with van der Waals surface area (Å²) in [7, 11) is 0. The minimum Gasteiger partial charge on any atom is -0.480 e. The standard InChI is InChI=1S/C12H22N2O4S/c1-19-10-5-3-2-4-8(10)13-12(18)14-9(6-7-15)11(16)17/h8-10,15H,2-7H2,1H3,(H,16,17)(H2,13,14,18)/t8?,9-,10?/m1/s1. The molecule has 2 unspecified atom stereocenters. The molecule has 1 rings (SSSR count). The minimum atomic E-state index is -1.13. The van der Waals surface area contributed by atoms with Crippen molar-refractivity contribution in [1.82, 2.24) is 10.6 Å². The van der Waals surface area contributed by atoms with Crippen molar-refractivity contribution >= 4 is 23.8 Å². The van der Waals surface area contributed by atoms with Crippen molar-refractivity contribution in [1.29, 1.82) is 0 Å². The van der Waals surface area contributed by atoms with E-state index < -0.39 is 18.0 Å². The van der Waals surface area contributed by atoms with Gasteiger partial charge in [-0.15, -0.1) is 0 Å². The van der Waals surface area contributed by atoms with Crippen molar-refractivity contribution in [3.63, 3.8) is 0 Å². The number of thioether (sulfide) groups is 1. The number of nitrogens with one attached hydrogen (secondary N) is 2. The third-order valence-corrected chi connectivity index (χ3v) is 4.51. The summed E-state index contributed by atoms with van der Waals surface area (Å²) in [6.07, 6.45) is 6.30. The lowest BCUT2D eigenvalue weighted by molar-refractivity contribution is -0.139. The second kappa shape index (κ2) is 8.27. The Morgan fingerprint density at radius 3 is 2.63 bits per heavy atom. The molecule has 0 heterocycles. The summed E-state index contributed by atoms with van der Waals surface area (Å²) >= 11 is 1.73. The maximum Gasteiger partial charge on any atom is 0.326 e. The number of aliphatic hydroxyl groups is 1. The SMILES string of the molecule is CSC1CCCCC1NC(=O)N[C@H](CCO)C(=O)O. The zero-order valence-electron chi connectivity index (χ0n) is 11.1. The predicted octanol–water partition coefficient (Wildman–Crippen LogP) is 0.795. The molecule has 4 N–H and O–H groups in total. The summed E-state index contributed by atoms with van der Waals surface area (Å²) in [5.74, 6) is -1.13. The minimum absolute atomic E-state index is 0.0133. The fourth-order valence-corrected chi connectivity index (χ4v) is 3.23. The van der Waals surface area contributed by atoms with Crippen LogP contribution in [0.5, 0.6) is 0 Å². The molecule has 0 spiro atoms. The smallest absolute Gasteiger partial charge is 0.326 e. The van der Waals surface area contributed by atoms with Crippen LogP contribution in [-0.4, -0.2) is 52.4 Å². The van der Waals surface area contributed by atoms with E-state index in [-0.39, 0.29) is 19.1 Å². The van der Waals surface area contributed by atoms with Crippen molar-refractivity contribution in [3.05, 3.63) is 0 Å². The van der Waals surface area contributed by atoms with Crippen molar-refractivity contribution in [2.24, 2.45) is 0 Å². The fraction of sp³-hybridized carbons (Fsp3) is 0.833. The first-order valence-corrected chi connectivity index (χ1v) is 7.80. The summed E-state index contributed by atoms with van der Waals surface area (Å²) in [6, 6.07) is -1.42. The molecule has 6 nitrogen and oxygen atoms in total.